The molecular formula is C9H8BrF2NO3. The van der Waals surface area contributed by atoms with E-state index in [1.165, 1.54) is 13.2 Å². The second-order valence-electron chi connectivity index (χ2n) is 2.70. The molecule has 1 aromatic rings. The number of carbonyl (C=O) groups excluding carboxylic acids is 1. The van der Waals surface area contributed by atoms with Crippen molar-refractivity contribution in [3.8, 4) is 5.75 Å². The topological polar surface area (TPSA) is 48.4 Å². The van der Waals surface area contributed by atoms with E-state index in [1.54, 1.807) is 0 Å². The van der Waals surface area contributed by atoms with Gasteiger partial charge in [0.05, 0.1) is 18.7 Å². The van der Waals surface area contributed by atoms with Crippen LogP contribution in [-0.4, -0.2) is 25.2 Å². The van der Waals surface area contributed by atoms with E-state index in [0.29, 0.717) is 0 Å². The number of rotatable bonds is 3. The van der Waals surface area contributed by atoms with Crippen LogP contribution in [0.3, 0.4) is 0 Å². The molecule has 0 aromatic carbocycles. The minimum atomic E-state index is -2.83. The van der Waals surface area contributed by atoms with Crippen LogP contribution >= 0.6 is 15.9 Å². The number of nitrogens with zero attached hydrogens (tertiary/aromatic N) is 1. The highest BCUT2D eigenvalue weighted by Gasteiger charge is 2.22. The zero-order valence-corrected chi connectivity index (χ0v) is 10.0. The van der Waals surface area contributed by atoms with Crippen LogP contribution in [0.5, 0.6) is 5.75 Å². The summed E-state index contributed by atoms with van der Waals surface area (Å²) >= 11 is 3.02. The maximum Gasteiger partial charge on any atom is 0.357 e. The van der Waals surface area contributed by atoms with Crippen molar-refractivity contribution in [1.82, 2.24) is 4.98 Å². The molecule has 0 fully saturated rings. The summed E-state index contributed by atoms with van der Waals surface area (Å²) in [4.78, 5) is 14.7. The first-order valence-electron chi connectivity index (χ1n) is 4.12. The third-order valence-corrected chi connectivity index (χ3v) is 2.38. The number of aromatic nitrogens is 1. The van der Waals surface area contributed by atoms with Gasteiger partial charge in [-0.3, -0.25) is 0 Å². The molecule has 0 N–H and O–H groups in total. The normalized spacial score (nSPS) is 10.4. The first-order valence-corrected chi connectivity index (χ1v) is 4.91. The largest absolute Gasteiger partial charge is 0.495 e. The Kier molecular flexibility index (Phi) is 4.17. The van der Waals surface area contributed by atoms with Gasteiger partial charge in [-0.1, -0.05) is 0 Å². The lowest BCUT2D eigenvalue weighted by molar-refractivity contribution is 0.0591. The zero-order valence-electron chi connectivity index (χ0n) is 8.46. The fourth-order valence-electron chi connectivity index (χ4n) is 1.05. The van der Waals surface area contributed by atoms with Crippen molar-refractivity contribution in [3.05, 3.63) is 21.9 Å². The molecule has 0 atom stereocenters. The minimum Gasteiger partial charge on any atom is -0.495 e. The molecule has 0 spiro atoms. The molecule has 0 aliphatic carbocycles. The van der Waals surface area contributed by atoms with E-state index in [4.69, 9.17) is 4.74 Å². The predicted octanol–water partition coefficient (Wildman–Crippen LogP) is 2.58. The number of hydrogen-bond donors (Lipinski definition) is 0. The van der Waals surface area contributed by atoms with Gasteiger partial charge in [0.1, 0.15) is 11.4 Å². The van der Waals surface area contributed by atoms with Crippen LogP contribution in [0.1, 0.15) is 22.6 Å². The van der Waals surface area contributed by atoms with Crippen LogP contribution in [0.25, 0.3) is 0 Å². The van der Waals surface area contributed by atoms with Crippen molar-refractivity contribution in [2.75, 3.05) is 14.2 Å². The summed E-state index contributed by atoms with van der Waals surface area (Å²) in [5.74, 6) is -0.883. The summed E-state index contributed by atoms with van der Waals surface area (Å²) in [6.45, 7) is 0. The van der Waals surface area contributed by atoms with Crippen molar-refractivity contribution in [2.24, 2.45) is 0 Å². The van der Waals surface area contributed by atoms with E-state index >= 15 is 0 Å². The van der Waals surface area contributed by atoms with E-state index < -0.39 is 18.1 Å². The number of ether oxygens (including phenoxy) is 2. The van der Waals surface area contributed by atoms with Gasteiger partial charge in [0.15, 0.2) is 5.69 Å². The van der Waals surface area contributed by atoms with Gasteiger partial charge in [0, 0.05) is 0 Å². The summed E-state index contributed by atoms with van der Waals surface area (Å²) in [5, 5.41) is 0. The molecule has 0 unspecified atom stereocenters. The summed E-state index contributed by atoms with van der Waals surface area (Å²) in [5.41, 5.74) is -0.801. The number of esters is 1. The van der Waals surface area contributed by atoms with Gasteiger partial charge in [0.25, 0.3) is 6.43 Å². The Bertz CT molecular complexity index is 412. The molecule has 7 heteroatoms. The van der Waals surface area contributed by atoms with Crippen LogP contribution in [0.15, 0.2) is 10.5 Å². The highest BCUT2D eigenvalue weighted by Crippen LogP contribution is 2.31. The number of halogens is 3. The second-order valence-corrected chi connectivity index (χ2v) is 3.55. The monoisotopic (exact) mass is 295 g/mol. The SMILES string of the molecule is COC(=O)c1nc(C(F)F)c(OC)cc1Br. The van der Waals surface area contributed by atoms with Crippen LogP contribution in [0.4, 0.5) is 8.78 Å². The highest BCUT2D eigenvalue weighted by molar-refractivity contribution is 9.10. The van der Waals surface area contributed by atoms with Gasteiger partial charge in [0.2, 0.25) is 0 Å². The van der Waals surface area contributed by atoms with Crippen LogP contribution in [0.2, 0.25) is 0 Å². The zero-order chi connectivity index (χ0) is 12.3. The number of alkyl halides is 2. The van der Waals surface area contributed by atoms with E-state index in [9.17, 15) is 13.6 Å². The Hall–Kier alpha value is -1.24. The van der Waals surface area contributed by atoms with E-state index in [2.05, 4.69) is 25.7 Å². The number of carbonyl (C=O) groups is 1. The number of methoxy groups -OCH3 is 2. The van der Waals surface area contributed by atoms with Gasteiger partial charge in [-0.05, 0) is 22.0 Å². The molecule has 1 rings (SSSR count). The molecule has 0 amide bonds. The molecule has 0 aliphatic heterocycles. The fourth-order valence-corrected chi connectivity index (χ4v) is 1.50. The van der Waals surface area contributed by atoms with Gasteiger partial charge in [-0.25, -0.2) is 18.6 Å². The van der Waals surface area contributed by atoms with E-state index in [-0.39, 0.29) is 15.9 Å². The van der Waals surface area contributed by atoms with Crippen molar-refractivity contribution >= 4 is 21.9 Å². The van der Waals surface area contributed by atoms with Crippen molar-refractivity contribution in [1.29, 1.82) is 0 Å². The molecule has 0 radical (unpaired) electrons. The lowest BCUT2D eigenvalue weighted by Gasteiger charge is -2.09. The van der Waals surface area contributed by atoms with Crippen LogP contribution in [0, 0.1) is 0 Å². The molecule has 16 heavy (non-hydrogen) atoms. The van der Waals surface area contributed by atoms with E-state index in [1.807, 2.05) is 0 Å². The first kappa shape index (κ1) is 12.8. The second kappa shape index (κ2) is 5.20. The average Bonchev–Trinajstić information content (AvgIpc) is 2.27. The molecule has 1 aromatic heterocycles. The Morgan fingerprint density at radius 3 is 2.56 bits per heavy atom. The third kappa shape index (κ3) is 2.46. The lowest BCUT2D eigenvalue weighted by atomic mass is 10.2. The molecule has 4 nitrogen and oxygen atoms in total. The summed E-state index contributed by atoms with van der Waals surface area (Å²) in [7, 11) is 2.38. The Morgan fingerprint density at radius 1 is 1.50 bits per heavy atom. The summed E-state index contributed by atoms with van der Waals surface area (Å²) in [6.07, 6.45) is -2.83. The van der Waals surface area contributed by atoms with Crippen molar-refractivity contribution in [2.45, 2.75) is 6.43 Å². The Morgan fingerprint density at radius 2 is 2.12 bits per heavy atom. The maximum absolute atomic E-state index is 12.6. The molecule has 0 saturated carbocycles. The smallest absolute Gasteiger partial charge is 0.357 e. The van der Waals surface area contributed by atoms with E-state index in [0.717, 1.165) is 7.11 Å². The molecule has 0 aliphatic rings. The van der Waals surface area contributed by atoms with Gasteiger partial charge in [-0.15, -0.1) is 0 Å². The quantitative estimate of drug-likeness (QED) is 0.804. The maximum atomic E-state index is 12.6. The summed E-state index contributed by atoms with van der Waals surface area (Å²) < 4.78 is 34.5. The highest BCUT2D eigenvalue weighted by atomic mass is 79.9. The van der Waals surface area contributed by atoms with Crippen molar-refractivity contribution < 1.29 is 23.0 Å². The Labute approximate surface area is 98.7 Å². The first-order chi connectivity index (χ1) is 7.51. The average molecular weight is 296 g/mol. The van der Waals surface area contributed by atoms with Gasteiger partial charge >= 0.3 is 5.97 Å². The summed E-state index contributed by atoms with van der Waals surface area (Å²) in [6, 6.07) is 1.25. The van der Waals surface area contributed by atoms with Gasteiger partial charge in [-0.2, -0.15) is 0 Å². The Balaban J connectivity index is 3.33. The molecule has 0 saturated heterocycles. The van der Waals surface area contributed by atoms with Gasteiger partial charge < -0.3 is 9.47 Å². The third-order valence-electron chi connectivity index (χ3n) is 1.77. The predicted molar refractivity (Wildman–Crippen MR) is 54.8 cm³/mol. The number of pyridine rings is 1. The van der Waals surface area contributed by atoms with Crippen LogP contribution < -0.4 is 4.74 Å². The molecule has 0 bridgehead atoms. The molecule has 1 heterocycles. The van der Waals surface area contributed by atoms with Crippen molar-refractivity contribution in [3.63, 3.8) is 0 Å². The number of hydrogen-bond acceptors (Lipinski definition) is 4. The molecule has 88 valence electrons. The molecular weight excluding hydrogens is 288 g/mol. The standard InChI is InChI=1S/C9H8BrF2NO3/c1-15-5-3-4(10)6(9(14)16-2)13-7(5)8(11)12/h3,8H,1-2H3. The fraction of sp³-hybridized carbons (Fsp3) is 0.333. The van der Waals surface area contributed by atoms with Crippen LogP contribution in [-0.2, 0) is 4.74 Å². The minimum absolute atomic E-state index is 0.0884. The lowest BCUT2D eigenvalue weighted by Crippen LogP contribution is -2.09.